The summed E-state index contributed by atoms with van der Waals surface area (Å²) >= 11 is 0. The van der Waals surface area contributed by atoms with Gasteiger partial charge in [0.1, 0.15) is 23.4 Å². The second kappa shape index (κ2) is 10.1. The molecule has 3 heterocycles. The van der Waals surface area contributed by atoms with Crippen LogP contribution in [0.3, 0.4) is 0 Å². The normalized spacial score (nSPS) is 15.0. The summed E-state index contributed by atoms with van der Waals surface area (Å²) in [7, 11) is 0. The molecule has 1 aliphatic rings. The fraction of sp³-hybridized carbons (Fsp3) is 0.103. The van der Waals surface area contributed by atoms with Crippen molar-refractivity contribution in [3.8, 4) is 17.2 Å². The Labute approximate surface area is 236 Å². The summed E-state index contributed by atoms with van der Waals surface area (Å²) in [6.45, 7) is 1.15. The Hall–Kier alpha value is -5.56. The molecule has 1 aliphatic heterocycles. The van der Waals surface area contributed by atoms with E-state index in [-0.39, 0.29) is 34.0 Å². The molecule has 2 aromatic heterocycles. The number of rotatable bonds is 7. The van der Waals surface area contributed by atoms with Crippen molar-refractivity contribution in [1.82, 2.24) is 20.1 Å². The van der Waals surface area contributed by atoms with E-state index >= 15 is 0 Å². The number of nitrogens with two attached hydrogens (primary N) is 1. The molecule has 1 atom stereocenters. The lowest BCUT2D eigenvalue weighted by atomic mass is 10.1. The van der Waals surface area contributed by atoms with E-state index < -0.39 is 42.0 Å². The van der Waals surface area contributed by atoms with Gasteiger partial charge in [-0.2, -0.15) is 5.10 Å². The lowest BCUT2D eigenvalue weighted by Crippen LogP contribution is -2.33. The van der Waals surface area contributed by atoms with E-state index in [1.54, 1.807) is 37.3 Å². The number of urea groups is 1. The Kier molecular flexibility index (Phi) is 6.42. The number of aliphatic hydroxyl groups is 1. The third kappa shape index (κ3) is 4.41. The Morgan fingerprint density at radius 3 is 2.57 bits per heavy atom. The van der Waals surface area contributed by atoms with Gasteiger partial charge in [-0.25, -0.2) is 23.2 Å². The van der Waals surface area contributed by atoms with Gasteiger partial charge in [-0.1, -0.05) is 12.1 Å². The molecule has 42 heavy (non-hydrogen) atoms. The fourth-order valence-corrected chi connectivity index (χ4v) is 4.77. The summed E-state index contributed by atoms with van der Waals surface area (Å²) in [6, 6.07) is 12.7. The van der Waals surface area contributed by atoms with E-state index in [1.807, 2.05) is 0 Å². The number of fused-ring (bicyclic) bond motifs is 1. The second-order valence-electron chi connectivity index (χ2n) is 9.60. The smallest absolute Gasteiger partial charge is 0.329 e. The average Bonchev–Trinajstić information content (AvgIpc) is 3.63. The van der Waals surface area contributed by atoms with Crippen LogP contribution in [0.2, 0.25) is 0 Å². The molecule has 1 saturated heterocycles. The van der Waals surface area contributed by atoms with Crippen molar-refractivity contribution < 1.29 is 33.0 Å². The number of ether oxygens (including phenoxy) is 1. The zero-order chi connectivity index (χ0) is 29.7. The van der Waals surface area contributed by atoms with Crippen molar-refractivity contribution in [2.75, 3.05) is 17.2 Å². The first-order valence-corrected chi connectivity index (χ1v) is 12.7. The zero-order valence-electron chi connectivity index (χ0n) is 21.9. The van der Waals surface area contributed by atoms with E-state index in [1.165, 1.54) is 35.1 Å². The number of para-hydroxylation sites is 1. The fourth-order valence-electron chi connectivity index (χ4n) is 4.77. The summed E-state index contributed by atoms with van der Waals surface area (Å²) in [5.41, 5.74) is 7.68. The van der Waals surface area contributed by atoms with E-state index in [4.69, 9.17) is 10.5 Å². The molecule has 11 nitrogen and oxygen atoms in total. The van der Waals surface area contributed by atoms with Crippen LogP contribution in [0.1, 0.15) is 21.6 Å². The lowest BCUT2D eigenvalue weighted by Gasteiger charge is -2.13. The Morgan fingerprint density at radius 1 is 1.07 bits per heavy atom. The van der Waals surface area contributed by atoms with Crippen LogP contribution in [0.4, 0.5) is 25.1 Å². The highest BCUT2D eigenvalue weighted by Gasteiger charge is 2.40. The minimum Gasteiger partial charge on any atom is -0.454 e. The zero-order valence-corrected chi connectivity index (χ0v) is 21.9. The van der Waals surface area contributed by atoms with Gasteiger partial charge in [-0.15, -0.1) is 0 Å². The van der Waals surface area contributed by atoms with Crippen molar-refractivity contribution in [2.45, 2.75) is 13.0 Å². The molecule has 3 aromatic carbocycles. The SMILES string of the molecule is Cc1cc(Oc2ccccc2F)ccc1-n1ncc(C(=O)c2cc3cc(F)c(N4C(=O)N[C@@H](CO)C4=O)cc3[nH]2)c1N. The molecule has 5 N–H and O–H groups in total. The van der Waals surface area contributed by atoms with Crippen LogP contribution >= 0.6 is 0 Å². The van der Waals surface area contributed by atoms with Gasteiger partial charge in [-0.05, 0) is 61.0 Å². The molecule has 13 heteroatoms. The molecule has 0 spiro atoms. The number of nitrogens with zero attached hydrogens (tertiary/aromatic N) is 3. The second-order valence-corrected chi connectivity index (χ2v) is 9.60. The van der Waals surface area contributed by atoms with E-state index in [0.29, 0.717) is 27.3 Å². The molecule has 1 fully saturated rings. The number of imide groups is 1. The van der Waals surface area contributed by atoms with Crippen molar-refractivity contribution in [1.29, 1.82) is 0 Å². The van der Waals surface area contributed by atoms with E-state index in [9.17, 15) is 28.3 Å². The first-order valence-electron chi connectivity index (χ1n) is 12.7. The van der Waals surface area contributed by atoms with Gasteiger partial charge in [-0.3, -0.25) is 9.59 Å². The number of hydrogen-bond donors (Lipinski definition) is 4. The van der Waals surface area contributed by atoms with Gasteiger partial charge in [0, 0.05) is 10.9 Å². The number of carbonyl (C=O) groups excluding carboxylic acids is 3. The van der Waals surface area contributed by atoms with Crippen LogP contribution in [0.25, 0.3) is 16.6 Å². The summed E-state index contributed by atoms with van der Waals surface area (Å²) in [5, 5.41) is 16.2. The van der Waals surface area contributed by atoms with Gasteiger partial charge in [0.25, 0.3) is 5.91 Å². The highest BCUT2D eigenvalue weighted by atomic mass is 19.1. The number of aliphatic hydroxyl groups excluding tert-OH is 1. The predicted octanol–water partition coefficient (Wildman–Crippen LogP) is 3.96. The Bertz CT molecular complexity index is 1920. The molecule has 6 rings (SSSR count). The number of hydrogen-bond acceptors (Lipinski definition) is 7. The van der Waals surface area contributed by atoms with Crippen LogP contribution < -0.4 is 20.7 Å². The molecule has 5 aromatic rings. The predicted molar refractivity (Wildman–Crippen MR) is 148 cm³/mol. The monoisotopic (exact) mass is 572 g/mol. The number of ketones is 1. The summed E-state index contributed by atoms with van der Waals surface area (Å²) in [5.74, 6) is -2.17. The van der Waals surface area contributed by atoms with Crippen LogP contribution in [0.15, 0.2) is 66.9 Å². The summed E-state index contributed by atoms with van der Waals surface area (Å²) in [4.78, 5) is 41.6. The first-order chi connectivity index (χ1) is 20.2. The maximum Gasteiger partial charge on any atom is 0.329 e. The Morgan fingerprint density at radius 2 is 1.86 bits per heavy atom. The summed E-state index contributed by atoms with van der Waals surface area (Å²) < 4.78 is 35.9. The number of amides is 3. The van der Waals surface area contributed by atoms with E-state index in [0.717, 1.165) is 6.07 Å². The number of aryl methyl sites for hydroxylation is 1. The van der Waals surface area contributed by atoms with Crippen molar-refractivity contribution in [3.05, 3.63) is 95.3 Å². The lowest BCUT2D eigenvalue weighted by molar-refractivity contribution is -0.119. The minimum atomic E-state index is -1.17. The van der Waals surface area contributed by atoms with Crippen molar-refractivity contribution in [2.24, 2.45) is 0 Å². The number of nitrogens with one attached hydrogen (secondary N) is 2. The van der Waals surface area contributed by atoms with Gasteiger partial charge in [0.05, 0.1) is 35.4 Å². The number of aromatic nitrogens is 3. The molecule has 0 unspecified atom stereocenters. The molecule has 0 aliphatic carbocycles. The minimum absolute atomic E-state index is 0.0470. The number of H-pyrrole nitrogens is 1. The number of anilines is 2. The standard InChI is InChI=1S/C29H22F2N6O5/c1-14-8-16(42-25-5-3-2-4-18(25)30)6-7-23(14)37-27(32)17(12-33-37)26(39)21-10-15-9-19(31)24(11-20(15)34-21)36-28(40)22(13-38)35-29(36)41/h2-12,22,34,38H,13,32H2,1H3,(H,35,41)/t22-/m0/s1. The molecule has 0 saturated carbocycles. The Balaban J connectivity index is 1.28. The first kappa shape index (κ1) is 26.7. The van der Waals surface area contributed by atoms with Gasteiger partial charge in [0.15, 0.2) is 11.6 Å². The number of aromatic amines is 1. The van der Waals surface area contributed by atoms with Crippen LogP contribution in [-0.4, -0.2) is 50.2 Å². The van der Waals surface area contributed by atoms with E-state index in [2.05, 4.69) is 15.4 Å². The highest BCUT2D eigenvalue weighted by Crippen LogP contribution is 2.31. The molecule has 0 radical (unpaired) electrons. The van der Waals surface area contributed by atoms with Crippen LogP contribution in [0.5, 0.6) is 11.5 Å². The molecule has 3 amide bonds. The van der Waals surface area contributed by atoms with Crippen LogP contribution in [0, 0.1) is 18.6 Å². The molecule has 0 bridgehead atoms. The molecule has 212 valence electrons. The number of benzene rings is 3. The van der Waals surface area contributed by atoms with Gasteiger partial charge >= 0.3 is 6.03 Å². The number of halogens is 2. The van der Waals surface area contributed by atoms with Gasteiger partial charge < -0.3 is 25.9 Å². The van der Waals surface area contributed by atoms with Crippen molar-refractivity contribution >= 4 is 40.1 Å². The highest BCUT2D eigenvalue weighted by molar-refractivity contribution is 6.22. The molecular weight excluding hydrogens is 550 g/mol. The maximum atomic E-state index is 14.9. The number of carbonyl (C=O) groups is 3. The van der Waals surface area contributed by atoms with Crippen LogP contribution in [-0.2, 0) is 4.79 Å². The third-order valence-electron chi connectivity index (χ3n) is 6.89. The third-order valence-corrected chi connectivity index (χ3v) is 6.89. The van der Waals surface area contributed by atoms with Crippen molar-refractivity contribution in [3.63, 3.8) is 0 Å². The summed E-state index contributed by atoms with van der Waals surface area (Å²) in [6.07, 6.45) is 1.31. The quantitative estimate of drug-likeness (QED) is 0.170. The number of nitrogen functional groups attached to an aromatic ring is 1. The average molecular weight is 573 g/mol. The largest absolute Gasteiger partial charge is 0.454 e. The topological polar surface area (TPSA) is 156 Å². The maximum absolute atomic E-state index is 14.9. The van der Waals surface area contributed by atoms with Gasteiger partial charge in [0.2, 0.25) is 5.78 Å². The molecular formula is C29H22F2N6O5.